The molecule has 2 atom stereocenters. The molecule has 0 spiro atoms. The summed E-state index contributed by atoms with van der Waals surface area (Å²) >= 11 is 0. The van der Waals surface area contributed by atoms with Crippen LogP contribution in [0.5, 0.6) is 0 Å². The molecule has 3 fully saturated rings. The highest BCUT2D eigenvalue weighted by Gasteiger charge is 2.27. The number of nitrogens with zero attached hydrogens (tertiary/aromatic N) is 3. The number of carbonyl (C=O) groups is 1. The van der Waals surface area contributed by atoms with Gasteiger partial charge < -0.3 is 29.5 Å². The minimum absolute atomic E-state index is 0.0624. The molecule has 2 unspecified atom stereocenters. The Kier molecular flexibility index (Phi) is 7.63. The van der Waals surface area contributed by atoms with E-state index in [9.17, 15) is 9.18 Å². The van der Waals surface area contributed by atoms with Gasteiger partial charge in [-0.25, -0.2) is 9.18 Å². The zero-order chi connectivity index (χ0) is 21.6. The predicted molar refractivity (Wildman–Crippen MR) is 119 cm³/mol. The van der Waals surface area contributed by atoms with E-state index in [1.165, 1.54) is 6.07 Å². The molecule has 7 nitrogen and oxygen atoms in total. The third-order valence-electron chi connectivity index (χ3n) is 6.44. The van der Waals surface area contributed by atoms with E-state index in [2.05, 4.69) is 22.2 Å². The molecule has 4 rings (SSSR count). The second-order valence-electron chi connectivity index (χ2n) is 8.92. The number of ether oxygens (including phenoxy) is 2. The highest BCUT2D eigenvalue weighted by atomic mass is 19.1. The van der Waals surface area contributed by atoms with Crippen molar-refractivity contribution in [3.8, 4) is 0 Å². The Morgan fingerprint density at radius 1 is 1.06 bits per heavy atom. The third-order valence-corrected chi connectivity index (χ3v) is 6.44. The van der Waals surface area contributed by atoms with Crippen LogP contribution >= 0.6 is 0 Å². The van der Waals surface area contributed by atoms with Gasteiger partial charge in [-0.3, -0.25) is 0 Å². The second kappa shape index (κ2) is 10.6. The smallest absolute Gasteiger partial charge is 0.322 e. The summed E-state index contributed by atoms with van der Waals surface area (Å²) in [5.74, 6) is -0.299. The summed E-state index contributed by atoms with van der Waals surface area (Å²) < 4.78 is 26.4. The van der Waals surface area contributed by atoms with Crippen LogP contribution in [0.1, 0.15) is 32.1 Å². The molecular formula is C23H35FN4O3. The van der Waals surface area contributed by atoms with Crippen LogP contribution in [0.15, 0.2) is 18.2 Å². The van der Waals surface area contributed by atoms with Crippen LogP contribution in [0.3, 0.4) is 0 Å². The van der Waals surface area contributed by atoms with Gasteiger partial charge in [0, 0.05) is 51.6 Å². The van der Waals surface area contributed by atoms with E-state index >= 15 is 0 Å². The Hall–Kier alpha value is -1.90. The normalized spacial score (nSPS) is 24.9. The summed E-state index contributed by atoms with van der Waals surface area (Å²) in [5.41, 5.74) is 1.08. The van der Waals surface area contributed by atoms with E-state index in [4.69, 9.17) is 9.47 Å². The monoisotopic (exact) mass is 434 g/mol. The Morgan fingerprint density at radius 2 is 1.77 bits per heavy atom. The third kappa shape index (κ3) is 6.08. The fraction of sp³-hybridized carbons (Fsp3) is 0.696. The molecule has 3 heterocycles. The standard InChI is InChI=1S/C23H35FN4O3/c1-26-9-4-10-27(12-11-26)22-8-7-18(15-21(22)24)25-23(29)28(16-19-5-2-13-30-19)17-20-6-3-14-31-20/h7-8,15,19-20H,2-6,9-14,16-17H2,1H3,(H,25,29). The van der Waals surface area contributed by atoms with Gasteiger partial charge in [0.25, 0.3) is 0 Å². The summed E-state index contributed by atoms with van der Waals surface area (Å²) in [7, 11) is 2.09. The van der Waals surface area contributed by atoms with Crippen molar-refractivity contribution in [1.29, 1.82) is 0 Å². The Morgan fingerprint density at radius 3 is 2.39 bits per heavy atom. The van der Waals surface area contributed by atoms with Crippen molar-refractivity contribution in [2.45, 2.75) is 44.3 Å². The molecule has 1 aromatic carbocycles. The summed E-state index contributed by atoms with van der Waals surface area (Å²) in [5, 5.41) is 2.89. The molecule has 0 saturated carbocycles. The van der Waals surface area contributed by atoms with E-state index < -0.39 is 0 Å². The van der Waals surface area contributed by atoms with Crippen molar-refractivity contribution in [3.05, 3.63) is 24.0 Å². The van der Waals surface area contributed by atoms with Gasteiger partial charge in [-0.05, 0) is 63.9 Å². The molecule has 0 aliphatic carbocycles. The number of hydrogen-bond donors (Lipinski definition) is 1. The van der Waals surface area contributed by atoms with E-state index in [-0.39, 0.29) is 24.1 Å². The summed E-state index contributed by atoms with van der Waals surface area (Å²) in [6, 6.07) is 4.77. The maximum atomic E-state index is 14.9. The Labute approximate surface area is 184 Å². The van der Waals surface area contributed by atoms with Gasteiger partial charge >= 0.3 is 6.03 Å². The van der Waals surface area contributed by atoms with Crippen LogP contribution in [0.4, 0.5) is 20.6 Å². The van der Waals surface area contributed by atoms with Crippen molar-refractivity contribution in [3.63, 3.8) is 0 Å². The zero-order valence-electron chi connectivity index (χ0n) is 18.5. The number of carbonyl (C=O) groups excluding carboxylic acids is 1. The second-order valence-corrected chi connectivity index (χ2v) is 8.92. The highest BCUT2D eigenvalue weighted by Crippen LogP contribution is 2.25. The largest absolute Gasteiger partial charge is 0.376 e. The van der Waals surface area contributed by atoms with Crippen molar-refractivity contribution < 1.29 is 18.7 Å². The molecule has 2 amide bonds. The first-order valence-electron chi connectivity index (χ1n) is 11.6. The SMILES string of the molecule is CN1CCCN(c2ccc(NC(=O)N(CC3CCCO3)CC3CCCO3)cc2F)CC1. The van der Waals surface area contributed by atoms with Gasteiger partial charge in [0.2, 0.25) is 0 Å². The fourth-order valence-electron chi connectivity index (χ4n) is 4.64. The van der Waals surface area contributed by atoms with E-state index in [0.717, 1.165) is 71.5 Å². The molecule has 31 heavy (non-hydrogen) atoms. The van der Waals surface area contributed by atoms with Gasteiger partial charge in [-0.2, -0.15) is 0 Å². The average molecular weight is 435 g/mol. The van der Waals surface area contributed by atoms with E-state index in [1.807, 2.05) is 0 Å². The molecule has 1 N–H and O–H groups in total. The van der Waals surface area contributed by atoms with Gasteiger partial charge in [0.1, 0.15) is 5.82 Å². The lowest BCUT2D eigenvalue weighted by atomic mass is 10.2. The maximum absolute atomic E-state index is 14.9. The van der Waals surface area contributed by atoms with Gasteiger partial charge in [-0.15, -0.1) is 0 Å². The van der Waals surface area contributed by atoms with Crippen molar-refractivity contribution in [1.82, 2.24) is 9.80 Å². The summed E-state index contributed by atoms with van der Waals surface area (Å²) in [4.78, 5) is 19.2. The van der Waals surface area contributed by atoms with E-state index in [0.29, 0.717) is 24.5 Å². The number of amides is 2. The van der Waals surface area contributed by atoms with Crippen LogP contribution in [-0.4, -0.2) is 87.6 Å². The highest BCUT2D eigenvalue weighted by molar-refractivity contribution is 5.89. The molecule has 0 aromatic heterocycles. The van der Waals surface area contributed by atoms with Crippen molar-refractivity contribution in [2.75, 3.05) is 69.7 Å². The summed E-state index contributed by atoms with van der Waals surface area (Å²) in [6.45, 7) is 6.15. The number of nitrogens with one attached hydrogen (secondary N) is 1. The molecule has 3 saturated heterocycles. The van der Waals surface area contributed by atoms with Gasteiger partial charge in [0.15, 0.2) is 0 Å². The minimum Gasteiger partial charge on any atom is -0.376 e. The molecule has 3 aliphatic rings. The quantitative estimate of drug-likeness (QED) is 0.745. The lowest BCUT2D eigenvalue weighted by molar-refractivity contribution is 0.0524. The molecule has 172 valence electrons. The molecular weight excluding hydrogens is 399 g/mol. The van der Waals surface area contributed by atoms with E-state index in [1.54, 1.807) is 17.0 Å². The lowest BCUT2D eigenvalue weighted by Crippen LogP contribution is -2.44. The van der Waals surface area contributed by atoms with Crippen LogP contribution in [0, 0.1) is 5.82 Å². The number of hydrogen-bond acceptors (Lipinski definition) is 5. The molecule has 0 radical (unpaired) electrons. The van der Waals surface area contributed by atoms with Crippen molar-refractivity contribution in [2.24, 2.45) is 0 Å². The number of likely N-dealkylation sites (N-methyl/N-ethyl adjacent to an activating group) is 1. The number of benzene rings is 1. The molecule has 0 bridgehead atoms. The van der Waals surface area contributed by atoms with Crippen molar-refractivity contribution >= 4 is 17.4 Å². The Balaban J connectivity index is 1.40. The fourth-order valence-corrected chi connectivity index (χ4v) is 4.64. The van der Waals surface area contributed by atoms with Crippen LogP contribution < -0.4 is 10.2 Å². The number of urea groups is 1. The number of halogens is 1. The minimum atomic E-state index is -0.299. The predicted octanol–water partition coefficient (Wildman–Crippen LogP) is 3.16. The first-order chi connectivity index (χ1) is 15.1. The molecule has 8 heteroatoms. The molecule has 3 aliphatic heterocycles. The van der Waals surface area contributed by atoms with Crippen LogP contribution in [-0.2, 0) is 9.47 Å². The van der Waals surface area contributed by atoms with Crippen LogP contribution in [0.25, 0.3) is 0 Å². The maximum Gasteiger partial charge on any atom is 0.322 e. The van der Waals surface area contributed by atoms with Crippen LogP contribution in [0.2, 0.25) is 0 Å². The number of rotatable bonds is 6. The Bertz CT molecular complexity index is 720. The number of anilines is 2. The molecule has 1 aromatic rings. The first kappa shape index (κ1) is 22.3. The first-order valence-corrected chi connectivity index (χ1v) is 11.6. The average Bonchev–Trinajstić information content (AvgIpc) is 3.41. The van der Waals surface area contributed by atoms with Gasteiger partial charge in [0.05, 0.1) is 17.9 Å². The summed E-state index contributed by atoms with van der Waals surface area (Å²) in [6.07, 6.45) is 5.11. The lowest BCUT2D eigenvalue weighted by Gasteiger charge is -2.28. The topological polar surface area (TPSA) is 57.3 Å². The van der Waals surface area contributed by atoms with Gasteiger partial charge in [-0.1, -0.05) is 0 Å². The zero-order valence-corrected chi connectivity index (χ0v) is 18.5.